The Bertz CT molecular complexity index is 579. The number of esters is 1. The summed E-state index contributed by atoms with van der Waals surface area (Å²) in [5, 5.41) is 0. The summed E-state index contributed by atoms with van der Waals surface area (Å²) in [6, 6.07) is 0. The van der Waals surface area contributed by atoms with E-state index >= 15 is 0 Å². The van der Waals surface area contributed by atoms with Crippen LogP contribution in [0.15, 0.2) is 0 Å². The molecule has 4 bridgehead atoms. The van der Waals surface area contributed by atoms with E-state index in [1.165, 1.54) is 0 Å². The lowest BCUT2D eigenvalue weighted by atomic mass is 9.47. The van der Waals surface area contributed by atoms with Crippen LogP contribution in [0, 0.1) is 16.7 Å². The average molecular weight is 319 g/mol. The maximum Gasteiger partial charge on any atom is 0.308 e. The van der Waals surface area contributed by atoms with Crippen LogP contribution in [-0.4, -0.2) is 35.0 Å². The molecule has 0 aromatic heterocycles. The maximum atomic E-state index is 12.5. The molecule has 128 valence electrons. The van der Waals surface area contributed by atoms with Gasteiger partial charge in [-0.3, -0.25) is 4.79 Å². The van der Waals surface area contributed by atoms with Gasteiger partial charge in [0.15, 0.2) is 5.72 Å². The van der Waals surface area contributed by atoms with Crippen LogP contribution in [0.25, 0.3) is 0 Å². The molecular weight excluding hydrogens is 290 g/mol. The molecular formula is C19H29NO3. The standard InChI is InChI=1S/C19H29NO3/c1-13-9-14-12-20-18(10-13,22-14)8-7-17(3)16(2)5-4-6-19(17,20)23-15(21)11-16/h13-14H,4-12H2,1-3H3/t13-,14?,16+,17-,18?,19+/m1/s1. The van der Waals surface area contributed by atoms with Crippen molar-refractivity contribution in [2.24, 2.45) is 16.7 Å². The molecule has 1 aliphatic carbocycles. The highest BCUT2D eigenvalue weighted by Crippen LogP contribution is 2.70. The molecule has 5 aliphatic rings. The van der Waals surface area contributed by atoms with E-state index in [1.54, 1.807) is 0 Å². The zero-order valence-electron chi connectivity index (χ0n) is 14.7. The first-order valence-corrected chi connectivity index (χ1v) is 9.50. The van der Waals surface area contributed by atoms with Gasteiger partial charge in [-0.05, 0) is 49.9 Å². The lowest BCUT2D eigenvalue weighted by Gasteiger charge is -2.70. The molecule has 4 saturated heterocycles. The van der Waals surface area contributed by atoms with E-state index < -0.39 is 5.72 Å². The summed E-state index contributed by atoms with van der Waals surface area (Å²) < 4.78 is 12.8. The summed E-state index contributed by atoms with van der Waals surface area (Å²) in [7, 11) is 0. The number of carbonyl (C=O) groups is 1. The van der Waals surface area contributed by atoms with Crippen LogP contribution in [0.3, 0.4) is 0 Å². The van der Waals surface area contributed by atoms with Crippen molar-refractivity contribution in [3.63, 3.8) is 0 Å². The summed E-state index contributed by atoms with van der Waals surface area (Å²) in [4.78, 5) is 15.1. The van der Waals surface area contributed by atoms with Gasteiger partial charge in [0, 0.05) is 18.4 Å². The zero-order valence-corrected chi connectivity index (χ0v) is 14.7. The zero-order chi connectivity index (χ0) is 16.1. The number of nitrogens with zero attached hydrogens (tertiary/aromatic N) is 1. The van der Waals surface area contributed by atoms with E-state index in [-0.39, 0.29) is 22.5 Å². The summed E-state index contributed by atoms with van der Waals surface area (Å²) in [5.74, 6) is 0.713. The number of fused-ring (bicyclic) bond motifs is 1. The van der Waals surface area contributed by atoms with Crippen molar-refractivity contribution < 1.29 is 14.3 Å². The fraction of sp³-hybridized carbons (Fsp3) is 0.947. The van der Waals surface area contributed by atoms with Crippen molar-refractivity contribution in [3.8, 4) is 0 Å². The Morgan fingerprint density at radius 1 is 1.17 bits per heavy atom. The molecule has 0 aromatic carbocycles. The largest absolute Gasteiger partial charge is 0.443 e. The van der Waals surface area contributed by atoms with Crippen LogP contribution in [0.5, 0.6) is 0 Å². The Balaban J connectivity index is 1.66. The fourth-order valence-corrected chi connectivity index (χ4v) is 7.07. The Morgan fingerprint density at radius 3 is 2.83 bits per heavy atom. The van der Waals surface area contributed by atoms with Gasteiger partial charge in [-0.25, -0.2) is 4.90 Å². The smallest absolute Gasteiger partial charge is 0.308 e. The average Bonchev–Trinajstić information content (AvgIpc) is 2.72. The van der Waals surface area contributed by atoms with Gasteiger partial charge in [-0.2, -0.15) is 0 Å². The molecule has 0 N–H and O–H groups in total. The van der Waals surface area contributed by atoms with Crippen LogP contribution in [0.1, 0.15) is 72.1 Å². The molecule has 23 heavy (non-hydrogen) atoms. The molecule has 1 spiro atoms. The van der Waals surface area contributed by atoms with Gasteiger partial charge < -0.3 is 9.47 Å². The number of rotatable bonds is 0. The third-order valence-corrected chi connectivity index (χ3v) is 8.30. The quantitative estimate of drug-likeness (QED) is 0.641. The summed E-state index contributed by atoms with van der Waals surface area (Å²) >= 11 is 0. The van der Waals surface area contributed by atoms with Gasteiger partial charge in [0.1, 0.15) is 5.72 Å². The third-order valence-electron chi connectivity index (χ3n) is 8.30. The lowest BCUT2D eigenvalue weighted by Crippen LogP contribution is -2.77. The van der Waals surface area contributed by atoms with Gasteiger partial charge in [-0.15, -0.1) is 0 Å². The molecule has 4 heterocycles. The molecule has 0 aromatic rings. The minimum Gasteiger partial charge on any atom is -0.443 e. The fourth-order valence-electron chi connectivity index (χ4n) is 7.07. The number of ether oxygens (including phenoxy) is 2. The second-order valence-corrected chi connectivity index (χ2v) is 9.52. The normalized spacial score (nSPS) is 58.3. The summed E-state index contributed by atoms with van der Waals surface area (Å²) in [6.45, 7) is 8.04. The molecule has 2 unspecified atom stereocenters. The van der Waals surface area contributed by atoms with Crippen molar-refractivity contribution >= 4 is 5.97 Å². The molecule has 4 heteroatoms. The molecule has 5 fully saturated rings. The van der Waals surface area contributed by atoms with Crippen LogP contribution in [0.4, 0.5) is 0 Å². The van der Waals surface area contributed by atoms with Crippen molar-refractivity contribution in [2.75, 3.05) is 6.54 Å². The monoisotopic (exact) mass is 319 g/mol. The molecule has 5 rings (SSSR count). The predicted octanol–water partition coefficient (Wildman–Crippen LogP) is 3.45. The van der Waals surface area contributed by atoms with E-state index in [1.807, 2.05) is 0 Å². The molecule has 4 nitrogen and oxygen atoms in total. The lowest BCUT2D eigenvalue weighted by molar-refractivity contribution is -0.350. The van der Waals surface area contributed by atoms with Crippen LogP contribution in [-0.2, 0) is 14.3 Å². The van der Waals surface area contributed by atoms with Gasteiger partial charge >= 0.3 is 5.97 Å². The van der Waals surface area contributed by atoms with E-state index in [4.69, 9.17) is 9.47 Å². The Morgan fingerprint density at radius 2 is 2.00 bits per heavy atom. The van der Waals surface area contributed by atoms with E-state index in [0.29, 0.717) is 18.4 Å². The van der Waals surface area contributed by atoms with Crippen molar-refractivity contribution in [2.45, 2.75) is 89.7 Å². The second kappa shape index (κ2) is 4.13. The van der Waals surface area contributed by atoms with Gasteiger partial charge in [0.25, 0.3) is 0 Å². The number of piperidine rings is 1. The second-order valence-electron chi connectivity index (χ2n) is 9.52. The first kappa shape index (κ1) is 14.7. The molecule has 1 saturated carbocycles. The first-order chi connectivity index (χ1) is 10.8. The number of hydrogen-bond donors (Lipinski definition) is 0. The van der Waals surface area contributed by atoms with E-state index in [0.717, 1.165) is 51.5 Å². The number of hydrogen-bond acceptors (Lipinski definition) is 4. The highest BCUT2D eigenvalue weighted by atomic mass is 16.6. The third kappa shape index (κ3) is 1.53. The predicted molar refractivity (Wildman–Crippen MR) is 85.4 cm³/mol. The summed E-state index contributed by atoms with van der Waals surface area (Å²) in [5.41, 5.74) is -0.462. The Kier molecular flexibility index (Phi) is 2.64. The SMILES string of the molecule is C[C@@H]1CC2CN3C(CC[C@]4(C)[C@@]5(C)CCC[C@@]34OC(=O)C5)(C1)O2. The van der Waals surface area contributed by atoms with Crippen molar-refractivity contribution in [1.82, 2.24) is 4.90 Å². The van der Waals surface area contributed by atoms with Gasteiger partial charge in [0.2, 0.25) is 0 Å². The molecule has 0 amide bonds. The van der Waals surface area contributed by atoms with E-state index in [2.05, 4.69) is 25.7 Å². The van der Waals surface area contributed by atoms with Crippen LogP contribution in [0.2, 0.25) is 0 Å². The number of carbonyl (C=O) groups excluding carboxylic acids is 1. The van der Waals surface area contributed by atoms with Gasteiger partial charge in [-0.1, -0.05) is 20.8 Å². The van der Waals surface area contributed by atoms with Crippen molar-refractivity contribution in [3.05, 3.63) is 0 Å². The Labute approximate surface area is 138 Å². The first-order valence-electron chi connectivity index (χ1n) is 9.50. The Hall–Kier alpha value is -0.610. The van der Waals surface area contributed by atoms with Crippen LogP contribution < -0.4 is 0 Å². The minimum absolute atomic E-state index is 0.0104. The maximum absolute atomic E-state index is 12.5. The highest BCUT2D eigenvalue weighted by Gasteiger charge is 2.75. The summed E-state index contributed by atoms with van der Waals surface area (Å²) in [6.07, 6.45) is 8.67. The van der Waals surface area contributed by atoms with Crippen LogP contribution >= 0.6 is 0 Å². The van der Waals surface area contributed by atoms with E-state index in [9.17, 15) is 4.79 Å². The van der Waals surface area contributed by atoms with Crippen molar-refractivity contribution in [1.29, 1.82) is 0 Å². The molecule has 6 atom stereocenters. The van der Waals surface area contributed by atoms with Gasteiger partial charge in [0.05, 0.1) is 12.5 Å². The minimum atomic E-state index is -0.424. The topological polar surface area (TPSA) is 38.8 Å². The molecule has 0 radical (unpaired) electrons. The highest BCUT2D eigenvalue weighted by molar-refractivity contribution is 5.72. The molecule has 4 aliphatic heterocycles.